The number of phenols is 1. The number of hydrogen-bond acceptors (Lipinski definition) is 6. The molecule has 0 aliphatic rings. The van der Waals surface area contributed by atoms with Crippen molar-refractivity contribution in [1.29, 1.82) is 0 Å². The fourth-order valence-corrected chi connectivity index (χ4v) is 6.04. The van der Waals surface area contributed by atoms with E-state index in [9.17, 15) is 5.11 Å². The van der Waals surface area contributed by atoms with Crippen molar-refractivity contribution in [3.8, 4) is 62.4 Å². The van der Waals surface area contributed by atoms with Crippen LogP contribution in [-0.4, -0.2) is 15.1 Å². The number of aromatic hydroxyl groups is 1. The molecule has 8 rings (SSSR count). The Balaban J connectivity index is 0.00000435. The molecule has 2 aromatic heterocycles. The molecule has 6 nitrogen and oxygen atoms in total. The number of pyridine rings is 2. The maximum atomic E-state index is 11.0. The molecule has 6 aromatic carbocycles. The smallest absolute Gasteiger partial charge is 0.164 e. The van der Waals surface area contributed by atoms with E-state index in [1.54, 1.807) is 24.4 Å². The predicted octanol–water partition coefficient (Wildman–Crippen LogP) is 12.0. The zero-order valence-corrected chi connectivity index (χ0v) is 30.6. The van der Waals surface area contributed by atoms with Crippen LogP contribution in [0.3, 0.4) is 0 Å². The molecule has 0 fully saturated rings. The largest absolute Gasteiger partial charge is 0.507 e. The second kappa shape index (κ2) is 16.2. The molecule has 0 saturated heterocycles. The van der Waals surface area contributed by atoms with Crippen LogP contribution in [-0.2, 0) is 21.1 Å². The molecule has 260 valence electrons. The average molecular weight is 870 g/mol. The summed E-state index contributed by atoms with van der Waals surface area (Å²) in [7, 11) is 0. The van der Waals surface area contributed by atoms with Gasteiger partial charge >= 0.3 is 0 Å². The number of anilines is 3. The Morgan fingerprint density at radius 3 is 1.89 bits per heavy atom. The first-order valence-electron chi connectivity index (χ1n) is 16.9. The van der Waals surface area contributed by atoms with E-state index in [1.807, 2.05) is 140 Å². The fourth-order valence-electron chi connectivity index (χ4n) is 6.04. The second-order valence-electron chi connectivity index (χ2n) is 11.9. The Morgan fingerprint density at radius 1 is 0.566 bits per heavy atom. The molecule has 0 unspecified atom stereocenters. The Hall–Kier alpha value is -6.49. The second-order valence-corrected chi connectivity index (χ2v) is 11.9. The van der Waals surface area contributed by atoms with Crippen LogP contribution in [0.1, 0.15) is 0 Å². The Morgan fingerprint density at radius 2 is 1.19 bits per heavy atom. The van der Waals surface area contributed by atoms with Crippen LogP contribution >= 0.6 is 0 Å². The summed E-state index contributed by atoms with van der Waals surface area (Å²) in [6, 6.07) is 62.0. The van der Waals surface area contributed by atoms with Crippen molar-refractivity contribution in [3.05, 3.63) is 194 Å². The Bertz CT molecular complexity index is 2430. The summed E-state index contributed by atoms with van der Waals surface area (Å²) >= 11 is 0. The fraction of sp³-hybridized carbons (Fsp3) is 0. The van der Waals surface area contributed by atoms with Gasteiger partial charge in [-0.2, -0.15) is 0 Å². The van der Waals surface area contributed by atoms with Gasteiger partial charge in [0.25, 0.3) is 0 Å². The first-order chi connectivity index (χ1) is 25.7. The predicted molar refractivity (Wildman–Crippen MR) is 207 cm³/mol. The van der Waals surface area contributed by atoms with Crippen molar-refractivity contribution in [2.45, 2.75) is 0 Å². The number of ether oxygens (including phenoxy) is 2. The van der Waals surface area contributed by atoms with E-state index in [4.69, 9.17) is 19.4 Å². The Labute approximate surface area is 322 Å². The maximum absolute atomic E-state index is 11.0. The van der Waals surface area contributed by atoms with Gasteiger partial charge < -0.3 is 19.5 Å². The molecule has 0 aliphatic carbocycles. The molecule has 0 saturated carbocycles. The first-order valence-corrected chi connectivity index (χ1v) is 16.9. The van der Waals surface area contributed by atoms with Crippen molar-refractivity contribution < 1.29 is 35.6 Å². The maximum Gasteiger partial charge on any atom is 0.164 e. The monoisotopic (exact) mass is 869 g/mol. The third-order valence-electron chi connectivity index (χ3n) is 8.44. The van der Waals surface area contributed by atoms with Gasteiger partial charge in [0, 0.05) is 50.1 Å². The number of nitrogens with zero attached hydrogens (tertiary/aromatic N) is 3. The summed E-state index contributed by atoms with van der Waals surface area (Å²) < 4.78 is 13.2. The Kier molecular flexibility index (Phi) is 10.7. The van der Waals surface area contributed by atoms with E-state index >= 15 is 0 Å². The van der Waals surface area contributed by atoms with Crippen LogP contribution in [0.25, 0.3) is 33.6 Å². The number of aromatic nitrogens is 2. The summed E-state index contributed by atoms with van der Waals surface area (Å²) in [6.07, 6.45) is 1.79. The van der Waals surface area contributed by atoms with Gasteiger partial charge in [-0.1, -0.05) is 103 Å². The normalized spacial score (nSPS) is 10.6. The van der Waals surface area contributed by atoms with Crippen LogP contribution in [0.5, 0.6) is 28.7 Å². The number of hydrogen-bond donors (Lipinski definition) is 1. The van der Waals surface area contributed by atoms with Crippen molar-refractivity contribution in [2.75, 3.05) is 4.90 Å². The van der Waals surface area contributed by atoms with Crippen molar-refractivity contribution in [3.63, 3.8) is 0 Å². The van der Waals surface area contributed by atoms with Gasteiger partial charge in [0.2, 0.25) is 0 Å². The van der Waals surface area contributed by atoms with E-state index in [-0.39, 0.29) is 26.8 Å². The number of benzene rings is 6. The minimum absolute atomic E-state index is 0. The zero-order valence-electron chi connectivity index (χ0n) is 28.3. The molecule has 2 heterocycles. The van der Waals surface area contributed by atoms with Crippen LogP contribution in [0.4, 0.5) is 17.2 Å². The molecule has 0 spiro atoms. The van der Waals surface area contributed by atoms with Gasteiger partial charge in [0.05, 0.1) is 11.4 Å². The molecular formula is C46H32N3O3Pt-. The van der Waals surface area contributed by atoms with E-state index in [2.05, 4.69) is 35.2 Å². The molecule has 0 bridgehead atoms. The molecule has 0 radical (unpaired) electrons. The minimum atomic E-state index is 0. The minimum Gasteiger partial charge on any atom is -0.507 e. The van der Waals surface area contributed by atoms with Gasteiger partial charge in [-0.15, -0.1) is 29.8 Å². The van der Waals surface area contributed by atoms with Crippen LogP contribution in [0, 0.1) is 6.07 Å². The average Bonchev–Trinajstić information content (AvgIpc) is 3.21. The van der Waals surface area contributed by atoms with Crippen LogP contribution in [0.15, 0.2) is 188 Å². The summed E-state index contributed by atoms with van der Waals surface area (Å²) in [5, 5.41) is 11.0. The van der Waals surface area contributed by atoms with E-state index in [1.165, 1.54) is 0 Å². The third kappa shape index (κ3) is 7.74. The standard InChI is InChI=1S/C46H32N3O3.Pt/c50-42-28-13-11-26-39(42)40-32-43(51-36-21-6-2-7-22-36)46(52-37-23-8-3-9-24-37)45(48-40)34-19-16-20-35(31-34)49(44-29-14-15-30-47-44)41-27-12-10-25-38(41)33-17-4-1-5-18-33;/h1-30,32,50H;/q-1;. The number of rotatable bonds is 10. The topological polar surface area (TPSA) is 67.7 Å². The van der Waals surface area contributed by atoms with Gasteiger partial charge in [-0.25, -0.2) is 4.98 Å². The molecule has 53 heavy (non-hydrogen) atoms. The molecule has 7 heteroatoms. The zero-order chi connectivity index (χ0) is 35.1. The summed E-state index contributed by atoms with van der Waals surface area (Å²) in [6.45, 7) is 0. The van der Waals surface area contributed by atoms with Gasteiger partial charge in [-0.3, -0.25) is 4.98 Å². The molecule has 0 atom stereocenters. The number of para-hydroxylation sites is 4. The summed E-state index contributed by atoms with van der Waals surface area (Å²) in [4.78, 5) is 12.0. The quantitative estimate of drug-likeness (QED) is 0.138. The summed E-state index contributed by atoms with van der Waals surface area (Å²) in [5.74, 6) is 2.88. The molecule has 8 aromatic rings. The van der Waals surface area contributed by atoms with Crippen molar-refractivity contribution in [2.24, 2.45) is 0 Å². The molecule has 0 amide bonds. The van der Waals surface area contributed by atoms with E-state index in [0.717, 1.165) is 28.3 Å². The van der Waals surface area contributed by atoms with Gasteiger partial charge in [-0.05, 0) is 65.8 Å². The molecular weight excluding hydrogens is 838 g/mol. The van der Waals surface area contributed by atoms with E-state index in [0.29, 0.717) is 45.5 Å². The van der Waals surface area contributed by atoms with Crippen LogP contribution < -0.4 is 14.4 Å². The SMILES string of the molecule is Oc1ccccc1-c1cc(Oc2ccccc2)c(Oc2ccccc2)c(-c2[c-]c(N(c3ccccn3)c3ccccc3-c3ccccc3)ccc2)n1.[Pt]. The summed E-state index contributed by atoms with van der Waals surface area (Å²) in [5.41, 5.74) is 5.99. The van der Waals surface area contributed by atoms with Crippen LogP contribution in [0.2, 0.25) is 0 Å². The third-order valence-corrected chi connectivity index (χ3v) is 8.44. The first kappa shape index (κ1) is 34.9. The van der Waals surface area contributed by atoms with Crippen molar-refractivity contribution in [1.82, 2.24) is 9.97 Å². The molecule has 1 N–H and O–H groups in total. The van der Waals surface area contributed by atoms with E-state index < -0.39 is 0 Å². The van der Waals surface area contributed by atoms with Crippen molar-refractivity contribution >= 4 is 17.2 Å². The number of phenolic OH excluding ortho intramolecular Hbond substituents is 1. The molecule has 0 aliphatic heterocycles. The van der Waals surface area contributed by atoms with Gasteiger partial charge in [0.15, 0.2) is 11.5 Å². The van der Waals surface area contributed by atoms with Gasteiger partial charge in [0.1, 0.15) is 23.1 Å².